The second-order valence-electron chi connectivity index (χ2n) is 4.96. The number of benzene rings is 1. The Morgan fingerprint density at radius 3 is 2.67 bits per heavy atom. The van der Waals surface area contributed by atoms with Gasteiger partial charge in [-0.05, 0) is 12.5 Å². The molecule has 2 aliphatic heterocycles. The maximum absolute atomic E-state index is 11.9. The third-order valence-corrected chi connectivity index (χ3v) is 4.01. The summed E-state index contributed by atoms with van der Waals surface area (Å²) in [5.74, 6) is -0.00979. The Hall–Kier alpha value is -1.68. The summed E-state index contributed by atoms with van der Waals surface area (Å²) in [6, 6.07) is 9.93. The topological polar surface area (TPSA) is 40.6 Å². The van der Waals surface area contributed by atoms with Gasteiger partial charge in [-0.25, -0.2) is 5.01 Å². The SMILES string of the molecule is C[C@@H]1[C@@H](C=O)[C@H](c2ccccc2)N2CCC(=O)N12. The van der Waals surface area contributed by atoms with E-state index in [4.69, 9.17) is 0 Å². The number of carbonyl (C=O) groups is 2. The van der Waals surface area contributed by atoms with Gasteiger partial charge in [0.1, 0.15) is 6.29 Å². The summed E-state index contributed by atoms with van der Waals surface area (Å²) in [4.78, 5) is 23.2. The number of amides is 1. The lowest BCUT2D eigenvalue weighted by Crippen LogP contribution is -2.37. The van der Waals surface area contributed by atoms with E-state index < -0.39 is 0 Å². The van der Waals surface area contributed by atoms with Crippen LogP contribution < -0.4 is 0 Å². The molecule has 4 heteroatoms. The summed E-state index contributed by atoms with van der Waals surface area (Å²) in [6.07, 6.45) is 1.55. The third-order valence-electron chi connectivity index (χ3n) is 4.01. The number of hydrogen-bond donors (Lipinski definition) is 0. The first kappa shape index (κ1) is 11.4. The number of aldehydes is 1. The normalized spacial score (nSPS) is 31.7. The first-order valence-electron chi connectivity index (χ1n) is 6.33. The van der Waals surface area contributed by atoms with Gasteiger partial charge in [0, 0.05) is 13.0 Å². The number of hydrogen-bond acceptors (Lipinski definition) is 3. The van der Waals surface area contributed by atoms with Gasteiger partial charge >= 0.3 is 0 Å². The van der Waals surface area contributed by atoms with E-state index in [1.807, 2.05) is 37.3 Å². The van der Waals surface area contributed by atoms with Gasteiger partial charge in [-0.1, -0.05) is 30.3 Å². The van der Waals surface area contributed by atoms with Crippen LogP contribution in [-0.2, 0) is 9.59 Å². The van der Waals surface area contributed by atoms with Crippen LogP contribution in [-0.4, -0.2) is 34.8 Å². The number of carbonyl (C=O) groups excluding carboxylic acids is 2. The molecule has 0 unspecified atom stereocenters. The van der Waals surface area contributed by atoms with Crippen molar-refractivity contribution in [3.8, 4) is 0 Å². The van der Waals surface area contributed by atoms with Crippen LogP contribution in [0.1, 0.15) is 24.9 Å². The largest absolute Gasteiger partial charge is 0.303 e. The molecule has 1 aromatic rings. The van der Waals surface area contributed by atoms with Gasteiger partial charge in [-0.2, -0.15) is 0 Å². The minimum Gasteiger partial charge on any atom is -0.303 e. The molecule has 0 radical (unpaired) electrons. The van der Waals surface area contributed by atoms with Crippen molar-refractivity contribution in [1.29, 1.82) is 0 Å². The molecule has 0 N–H and O–H groups in total. The molecule has 2 heterocycles. The molecule has 0 spiro atoms. The van der Waals surface area contributed by atoms with Gasteiger partial charge in [0.15, 0.2) is 0 Å². The zero-order chi connectivity index (χ0) is 12.7. The molecule has 94 valence electrons. The minimum absolute atomic E-state index is 0.00477. The zero-order valence-corrected chi connectivity index (χ0v) is 10.3. The predicted molar refractivity (Wildman–Crippen MR) is 66.4 cm³/mol. The average molecular weight is 244 g/mol. The van der Waals surface area contributed by atoms with Crippen LogP contribution in [0.2, 0.25) is 0 Å². The maximum atomic E-state index is 11.9. The highest BCUT2D eigenvalue weighted by atomic mass is 16.2. The Morgan fingerprint density at radius 1 is 1.28 bits per heavy atom. The molecule has 2 fully saturated rings. The molecule has 0 bridgehead atoms. The van der Waals surface area contributed by atoms with Gasteiger partial charge in [-0.15, -0.1) is 0 Å². The smallest absolute Gasteiger partial charge is 0.238 e. The molecule has 3 atom stereocenters. The van der Waals surface area contributed by atoms with Gasteiger partial charge in [0.2, 0.25) is 5.91 Å². The fourth-order valence-electron chi connectivity index (χ4n) is 3.17. The first-order valence-corrected chi connectivity index (χ1v) is 6.33. The number of rotatable bonds is 2. The average Bonchev–Trinajstić information content (AvgIpc) is 2.90. The van der Waals surface area contributed by atoms with E-state index in [1.165, 1.54) is 0 Å². The fourth-order valence-corrected chi connectivity index (χ4v) is 3.17. The predicted octanol–water partition coefficient (Wildman–Crippen LogP) is 1.39. The van der Waals surface area contributed by atoms with E-state index in [0.717, 1.165) is 11.8 Å². The summed E-state index contributed by atoms with van der Waals surface area (Å²) in [6.45, 7) is 2.67. The molecular weight excluding hydrogens is 228 g/mol. The van der Waals surface area contributed by atoms with Crippen molar-refractivity contribution >= 4 is 12.2 Å². The maximum Gasteiger partial charge on any atom is 0.238 e. The van der Waals surface area contributed by atoms with Crippen LogP contribution in [0.3, 0.4) is 0 Å². The molecule has 0 aromatic heterocycles. The molecular formula is C14H16N2O2. The standard InChI is InChI=1S/C14H16N2O2/c1-10-12(9-17)14(11-5-3-2-4-6-11)15-8-7-13(18)16(10)15/h2-6,9-10,12,14H,7-8H2,1H3/t10-,12-,14+/m1/s1. The summed E-state index contributed by atoms with van der Waals surface area (Å²) in [5, 5.41) is 3.83. The summed E-state index contributed by atoms with van der Waals surface area (Å²) >= 11 is 0. The Morgan fingerprint density at radius 2 is 2.00 bits per heavy atom. The summed E-state index contributed by atoms with van der Waals surface area (Å²) in [5.41, 5.74) is 1.11. The van der Waals surface area contributed by atoms with Crippen molar-refractivity contribution in [3.05, 3.63) is 35.9 Å². The Bertz CT molecular complexity index is 474. The van der Waals surface area contributed by atoms with E-state index >= 15 is 0 Å². The summed E-state index contributed by atoms with van der Waals surface area (Å²) < 4.78 is 0. The molecule has 0 saturated carbocycles. The van der Waals surface area contributed by atoms with Crippen LogP contribution in [0.4, 0.5) is 0 Å². The first-order chi connectivity index (χ1) is 8.74. The minimum atomic E-state index is -0.142. The molecule has 1 amide bonds. The Balaban J connectivity index is 2.02. The molecule has 0 aliphatic carbocycles. The van der Waals surface area contributed by atoms with Gasteiger partial charge in [-0.3, -0.25) is 9.80 Å². The van der Waals surface area contributed by atoms with Crippen molar-refractivity contribution in [2.45, 2.75) is 25.4 Å². The third kappa shape index (κ3) is 1.49. The van der Waals surface area contributed by atoms with E-state index in [9.17, 15) is 9.59 Å². The lowest BCUT2D eigenvalue weighted by atomic mass is 9.90. The number of fused-ring (bicyclic) bond motifs is 1. The van der Waals surface area contributed by atoms with Gasteiger partial charge in [0.25, 0.3) is 0 Å². The van der Waals surface area contributed by atoms with E-state index in [-0.39, 0.29) is 23.9 Å². The van der Waals surface area contributed by atoms with Crippen LogP contribution in [0.15, 0.2) is 30.3 Å². The van der Waals surface area contributed by atoms with E-state index in [2.05, 4.69) is 5.01 Å². The molecule has 2 aliphatic rings. The lowest BCUT2D eigenvalue weighted by molar-refractivity contribution is -0.138. The van der Waals surface area contributed by atoms with Crippen LogP contribution in [0.25, 0.3) is 0 Å². The van der Waals surface area contributed by atoms with Gasteiger partial charge < -0.3 is 4.79 Å². The molecule has 1 aromatic carbocycles. The highest BCUT2D eigenvalue weighted by Gasteiger charge is 2.50. The summed E-state index contributed by atoms with van der Waals surface area (Å²) in [7, 11) is 0. The molecule has 2 saturated heterocycles. The fraction of sp³-hybridized carbons (Fsp3) is 0.429. The van der Waals surface area contributed by atoms with Gasteiger partial charge in [0.05, 0.1) is 18.0 Å². The molecule has 4 nitrogen and oxygen atoms in total. The highest BCUT2D eigenvalue weighted by molar-refractivity contribution is 5.79. The Kier molecular flexibility index (Phi) is 2.67. The van der Waals surface area contributed by atoms with E-state index in [0.29, 0.717) is 13.0 Å². The number of hydrazine groups is 1. The number of nitrogens with zero attached hydrogens (tertiary/aromatic N) is 2. The van der Waals surface area contributed by atoms with E-state index in [1.54, 1.807) is 5.01 Å². The van der Waals surface area contributed by atoms with Crippen molar-refractivity contribution < 1.29 is 9.59 Å². The van der Waals surface area contributed by atoms with Crippen molar-refractivity contribution in [2.75, 3.05) is 6.54 Å². The molecule has 3 rings (SSSR count). The van der Waals surface area contributed by atoms with Crippen molar-refractivity contribution in [1.82, 2.24) is 10.0 Å². The van der Waals surface area contributed by atoms with Crippen molar-refractivity contribution in [2.24, 2.45) is 5.92 Å². The second-order valence-corrected chi connectivity index (χ2v) is 4.96. The van der Waals surface area contributed by atoms with Crippen molar-refractivity contribution in [3.63, 3.8) is 0 Å². The zero-order valence-electron chi connectivity index (χ0n) is 10.3. The van der Waals surface area contributed by atoms with Crippen LogP contribution in [0, 0.1) is 5.92 Å². The second kappa shape index (κ2) is 4.21. The highest BCUT2D eigenvalue weighted by Crippen LogP contribution is 2.42. The van der Waals surface area contributed by atoms with Crippen LogP contribution >= 0.6 is 0 Å². The van der Waals surface area contributed by atoms with Crippen LogP contribution in [0.5, 0.6) is 0 Å². The Labute approximate surface area is 106 Å². The quantitative estimate of drug-likeness (QED) is 0.738. The monoisotopic (exact) mass is 244 g/mol. The lowest BCUT2D eigenvalue weighted by Gasteiger charge is -2.26. The molecule has 18 heavy (non-hydrogen) atoms.